The van der Waals surface area contributed by atoms with Crippen LogP contribution in [0.25, 0.3) is 0 Å². The van der Waals surface area contributed by atoms with Crippen molar-refractivity contribution < 1.29 is 4.79 Å². The highest BCUT2D eigenvalue weighted by molar-refractivity contribution is 5.83. The van der Waals surface area contributed by atoms with Gasteiger partial charge in [-0.2, -0.15) is 5.10 Å². The van der Waals surface area contributed by atoms with E-state index >= 15 is 0 Å². The second kappa shape index (κ2) is 7.62. The highest BCUT2D eigenvalue weighted by Crippen LogP contribution is 2.19. The van der Waals surface area contributed by atoms with Crippen molar-refractivity contribution in [2.75, 3.05) is 20.1 Å². The van der Waals surface area contributed by atoms with Crippen molar-refractivity contribution in [1.29, 1.82) is 0 Å². The fraction of sp³-hybridized carbons (Fsp3) is 0.474. The summed E-state index contributed by atoms with van der Waals surface area (Å²) in [5.74, 6) is 0.255. The largest absolute Gasteiger partial charge is 0.337 e. The predicted octanol–water partition coefficient (Wildman–Crippen LogP) is 2.18. The van der Waals surface area contributed by atoms with Crippen LogP contribution in [0.2, 0.25) is 0 Å². The maximum atomic E-state index is 12.7. The van der Waals surface area contributed by atoms with E-state index in [0.29, 0.717) is 6.54 Å². The summed E-state index contributed by atoms with van der Waals surface area (Å²) in [7, 11) is 2.06. The highest BCUT2D eigenvalue weighted by atomic mass is 16.2. The Kier molecular flexibility index (Phi) is 5.30. The topological polar surface area (TPSA) is 41.4 Å². The van der Waals surface area contributed by atoms with Crippen molar-refractivity contribution >= 4 is 5.91 Å². The van der Waals surface area contributed by atoms with Gasteiger partial charge in [0.25, 0.3) is 0 Å². The fourth-order valence-corrected chi connectivity index (χ4v) is 3.40. The molecule has 1 aliphatic rings. The molecular formula is C19H26N4O. The average Bonchev–Trinajstić information content (AvgIpc) is 3.21. The minimum absolute atomic E-state index is 0.00621. The number of aryl methyl sites for hydroxylation is 1. The lowest BCUT2D eigenvalue weighted by Crippen LogP contribution is -2.40. The van der Waals surface area contributed by atoms with Crippen LogP contribution in [-0.2, 0) is 24.3 Å². The van der Waals surface area contributed by atoms with Crippen LogP contribution in [0.1, 0.15) is 24.6 Å². The van der Waals surface area contributed by atoms with Gasteiger partial charge in [0.05, 0.1) is 6.04 Å². The first-order valence-electron chi connectivity index (χ1n) is 8.72. The van der Waals surface area contributed by atoms with Crippen LogP contribution in [0.4, 0.5) is 0 Å². The third kappa shape index (κ3) is 3.67. The summed E-state index contributed by atoms with van der Waals surface area (Å²) in [6.45, 7) is 5.42. The minimum Gasteiger partial charge on any atom is -0.337 e. The van der Waals surface area contributed by atoms with Gasteiger partial charge in [0.2, 0.25) is 5.91 Å². The van der Waals surface area contributed by atoms with Crippen molar-refractivity contribution in [2.24, 2.45) is 0 Å². The SMILES string of the molecule is CCn1nccc1CCN(C)[C@@H]1CCN(Cc2ccccc2)C1=O. The molecule has 3 rings (SSSR count). The number of likely N-dealkylation sites (tertiary alicyclic amines) is 1. The molecule has 0 radical (unpaired) electrons. The Bertz CT molecular complexity index is 667. The fourth-order valence-electron chi connectivity index (χ4n) is 3.40. The van der Waals surface area contributed by atoms with Gasteiger partial charge in [-0.1, -0.05) is 30.3 Å². The molecular weight excluding hydrogens is 300 g/mol. The van der Waals surface area contributed by atoms with Crippen LogP contribution in [0, 0.1) is 0 Å². The lowest BCUT2D eigenvalue weighted by Gasteiger charge is -2.24. The van der Waals surface area contributed by atoms with Gasteiger partial charge < -0.3 is 4.90 Å². The molecule has 24 heavy (non-hydrogen) atoms. The van der Waals surface area contributed by atoms with Crippen LogP contribution in [-0.4, -0.2) is 51.7 Å². The van der Waals surface area contributed by atoms with Crippen LogP contribution >= 0.6 is 0 Å². The summed E-state index contributed by atoms with van der Waals surface area (Å²) in [5.41, 5.74) is 2.43. The van der Waals surface area contributed by atoms with E-state index in [9.17, 15) is 4.79 Å². The first-order chi connectivity index (χ1) is 11.7. The van der Waals surface area contributed by atoms with Crippen molar-refractivity contribution in [3.8, 4) is 0 Å². The predicted molar refractivity (Wildman–Crippen MR) is 94.5 cm³/mol. The van der Waals surface area contributed by atoms with Gasteiger partial charge in [-0.15, -0.1) is 0 Å². The Hall–Kier alpha value is -2.14. The number of amides is 1. The van der Waals surface area contributed by atoms with Crippen molar-refractivity contribution in [2.45, 2.75) is 38.9 Å². The Morgan fingerprint density at radius 3 is 2.79 bits per heavy atom. The standard InChI is InChI=1S/C19H26N4O/c1-3-23-17(9-12-20-23)10-13-21(2)18-11-14-22(19(18)24)15-16-7-5-4-6-8-16/h4-9,12,18H,3,10-11,13-15H2,1-2H3/t18-/m1/s1. The highest BCUT2D eigenvalue weighted by Gasteiger charge is 2.34. The van der Waals surface area contributed by atoms with Gasteiger partial charge in [0, 0.05) is 44.5 Å². The van der Waals surface area contributed by atoms with E-state index in [1.165, 1.54) is 11.3 Å². The summed E-state index contributed by atoms with van der Waals surface area (Å²) in [6.07, 6.45) is 3.68. The molecule has 2 aromatic rings. The maximum absolute atomic E-state index is 12.7. The lowest BCUT2D eigenvalue weighted by molar-refractivity contribution is -0.132. The summed E-state index contributed by atoms with van der Waals surface area (Å²) >= 11 is 0. The van der Waals surface area contributed by atoms with E-state index < -0.39 is 0 Å². The molecule has 5 nitrogen and oxygen atoms in total. The second-order valence-corrected chi connectivity index (χ2v) is 6.42. The molecule has 5 heteroatoms. The average molecular weight is 326 g/mol. The Balaban J connectivity index is 1.54. The van der Waals surface area contributed by atoms with Gasteiger partial charge in [0.15, 0.2) is 0 Å². The zero-order chi connectivity index (χ0) is 16.9. The molecule has 0 bridgehead atoms. The third-order valence-electron chi connectivity index (χ3n) is 4.84. The first-order valence-corrected chi connectivity index (χ1v) is 8.72. The smallest absolute Gasteiger partial charge is 0.240 e. The summed E-state index contributed by atoms with van der Waals surface area (Å²) in [5, 5.41) is 4.31. The molecule has 1 atom stereocenters. The summed E-state index contributed by atoms with van der Waals surface area (Å²) < 4.78 is 2.02. The normalized spacial score (nSPS) is 17.9. The molecule has 2 heterocycles. The van der Waals surface area contributed by atoms with E-state index in [1.54, 1.807) is 0 Å². The van der Waals surface area contributed by atoms with Crippen molar-refractivity contribution in [1.82, 2.24) is 19.6 Å². The van der Waals surface area contributed by atoms with Gasteiger partial charge in [-0.25, -0.2) is 0 Å². The van der Waals surface area contributed by atoms with E-state index in [-0.39, 0.29) is 11.9 Å². The minimum atomic E-state index is 0.00621. The quantitative estimate of drug-likeness (QED) is 0.783. The van der Waals surface area contributed by atoms with Crippen LogP contribution < -0.4 is 0 Å². The molecule has 0 unspecified atom stereocenters. The number of carbonyl (C=O) groups excluding carboxylic acids is 1. The monoisotopic (exact) mass is 326 g/mol. The third-order valence-corrected chi connectivity index (χ3v) is 4.84. The number of hydrogen-bond donors (Lipinski definition) is 0. The zero-order valence-corrected chi connectivity index (χ0v) is 14.6. The number of carbonyl (C=O) groups is 1. The maximum Gasteiger partial charge on any atom is 0.240 e. The van der Waals surface area contributed by atoms with Crippen molar-refractivity contribution in [3.05, 3.63) is 53.9 Å². The molecule has 0 saturated carbocycles. The molecule has 0 aliphatic carbocycles. The molecule has 1 aliphatic heterocycles. The van der Waals surface area contributed by atoms with E-state index in [2.05, 4.69) is 42.2 Å². The summed E-state index contributed by atoms with van der Waals surface area (Å²) in [4.78, 5) is 16.9. The summed E-state index contributed by atoms with van der Waals surface area (Å²) in [6, 6.07) is 12.3. The van der Waals surface area contributed by atoms with Gasteiger partial charge in [-0.3, -0.25) is 14.4 Å². The van der Waals surface area contributed by atoms with Crippen LogP contribution in [0.3, 0.4) is 0 Å². The Morgan fingerprint density at radius 2 is 2.04 bits per heavy atom. The Morgan fingerprint density at radius 1 is 1.25 bits per heavy atom. The number of aromatic nitrogens is 2. The van der Waals surface area contributed by atoms with Crippen molar-refractivity contribution in [3.63, 3.8) is 0 Å². The molecule has 1 aromatic carbocycles. The van der Waals surface area contributed by atoms with E-state index in [1.807, 2.05) is 34.0 Å². The van der Waals surface area contributed by atoms with E-state index in [0.717, 1.165) is 32.5 Å². The molecule has 0 N–H and O–H groups in total. The van der Waals surface area contributed by atoms with Gasteiger partial charge in [-0.05, 0) is 32.0 Å². The molecule has 0 spiro atoms. The zero-order valence-electron chi connectivity index (χ0n) is 14.6. The first kappa shape index (κ1) is 16.7. The lowest BCUT2D eigenvalue weighted by atomic mass is 10.2. The number of nitrogens with zero attached hydrogens (tertiary/aromatic N) is 4. The number of hydrogen-bond acceptors (Lipinski definition) is 3. The molecule has 1 amide bonds. The van der Waals surface area contributed by atoms with Gasteiger partial charge in [0.1, 0.15) is 0 Å². The number of rotatable bonds is 7. The van der Waals surface area contributed by atoms with Crippen LogP contribution in [0.15, 0.2) is 42.6 Å². The van der Waals surface area contributed by atoms with Crippen LogP contribution in [0.5, 0.6) is 0 Å². The molecule has 128 valence electrons. The molecule has 1 aromatic heterocycles. The Labute approximate surface area is 143 Å². The number of likely N-dealkylation sites (N-methyl/N-ethyl adjacent to an activating group) is 1. The molecule has 1 fully saturated rings. The molecule has 1 saturated heterocycles. The number of benzene rings is 1. The second-order valence-electron chi connectivity index (χ2n) is 6.42. The van der Waals surface area contributed by atoms with E-state index in [4.69, 9.17) is 0 Å². The van der Waals surface area contributed by atoms with Gasteiger partial charge >= 0.3 is 0 Å².